The Morgan fingerprint density at radius 3 is 2.62 bits per heavy atom. The SMILES string of the molecule is Cc1ccc(F)c(C(=O)NCC2(O)CCC(C)CC2)c1F. The van der Waals surface area contributed by atoms with Crippen LogP contribution in [0.1, 0.15) is 48.5 Å². The average Bonchev–Trinajstić information content (AvgIpc) is 2.45. The third-order valence-corrected chi connectivity index (χ3v) is 4.29. The summed E-state index contributed by atoms with van der Waals surface area (Å²) in [6, 6.07) is 2.36. The highest BCUT2D eigenvalue weighted by Gasteiger charge is 2.32. The van der Waals surface area contributed by atoms with Gasteiger partial charge < -0.3 is 10.4 Å². The van der Waals surface area contributed by atoms with Gasteiger partial charge in [-0.05, 0) is 50.2 Å². The number of halogens is 2. The predicted octanol–water partition coefficient (Wildman–Crippen LogP) is 2.94. The van der Waals surface area contributed by atoms with Crippen LogP contribution in [0.4, 0.5) is 8.78 Å². The lowest BCUT2D eigenvalue weighted by Gasteiger charge is -2.34. The number of nitrogens with one attached hydrogen (secondary N) is 1. The summed E-state index contributed by atoms with van der Waals surface area (Å²) in [7, 11) is 0. The minimum atomic E-state index is -0.973. The summed E-state index contributed by atoms with van der Waals surface area (Å²) in [6.07, 6.45) is 2.96. The summed E-state index contributed by atoms with van der Waals surface area (Å²) in [5.41, 5.74) is -1.34. The van der Waals surface area contributed by atoms with Gasteiger partial charge in [0.15, 0.2) is 0 Å². The fourth-order valence-electron chi connectivity index (χ4n) is 2.67. The van der Waals surface area contributed by atoms with Gasteiger partial charge in [0.25, 0.3) is 5.91 Å². The van der Waals surface area contributed by atoms with Crippen molar-refractivity contribution in [3.8, 4) is 0 Å². The Morgan fingerprint density at radius 2 is 2.00 bits per heavy atom. The number of carbonyl (C=O) groups is 1. The van der Waals surface area contributed by atoms with E-state index in [4.69, 9.17) is 0 Å². The fraction of sp³-hybridized carbons (Fsp3) is 0.562. The van der Waals surface area contributed by atoms with Gasteiger partial charge in [0.1, 0.15) is 17.2 Å². The van der Waals surface area contributed by atoms with Gasteiger partial charge in [-0.3, -0.25) is 4.79 Å². The van der Waals surface area contributed by atoms with Crippen LogP contribution in [0, 0.1) is 24.5 Å². The third kappa shape index (κ3) is 3.59. The molecule has 1 saturated carbocycles. The number of hydrogen-bond acceptors (Lipinski definition) is 2. The van der Waals surface area contributed by atoms with E-state index in [1.165, 1.54) is 13.0 Å². The second-order valence-electron chi connectivity index (χ2n) is 6.14. The van der Waals surface area contributed by atoms with Crippen molar-refractivity contribution in [1.82, 2.24) is 5.32 Å². The molecule has 2 rings (SSSR count). The van der Waals surface area contributed by atoms with Crippen LogP contribution in [0.3, 0.4) is 0 Å². The van der Waals surface area contributed by atoms with Crippen LogP contribution in [-0.2, 0) is 0 Å². The lowest BCUT2D eigenvalue weighted by Crippen LogP contribution is -2.45. The zero-order chi connectivity index (χ0) is 15.6. The second kappa shape index (κ2) is 6.10. The van der Waals surface area contributed by atoms with Gasteiger partial charge in [-0.25, -0.2) is 8.78 Å². The molecule has 0 bridgehead atoms. The van der Waals surface area contributed by atoms with E-state index >= 15 is 0 Å². The Kier molecular flexibility index (Phi) is 4.61. The van der Waals surface area contributed by atoms with E-state index < -0.39 is 28.7 Å². The molecular weight excluding hydrogens is 276 g/mol. The average molecular weight is 297 g/mol. The summed E-state index contributed by atoms with van der Waals surface area (Å²) < 4.78 is 27.5. The Labute approximate surface area is 123 Å². The van der Waals surface area contributed by atoms with Crippen molar-refractivity contribution in [3.63, 3.8) is 0 Å². The van der Waals surface area contributed by atoms with Gasteiger partial charge in [0, 0.05) is 6.54 Å². The molecule has 1 aromatic carbocycles. The van der Waals surface area contributed by atoms with Crippen molar-refractivity contribution in [2.24, 2.45) is 5.92 Å². The summed E-state index contributed by atoms with van der Waals surface area (Å²) in [6.45, 7) is 3.61. The topological polar surface area (TPSA) is 49.3 Å². The van der Waals surface area contributed by atoms with Crippen molar-refractivity contribution in [2.45, 2.75) is 45.1 Å². The summed E-state index contributed by atoms with van der Waals surface area (Å²) in [5.74, 6) is -2.00. The molecule has 0 atom stereocenters. The van der Waals surface area contributed by atoms with E-state index in [9.17, 15) is 18.7 Å². The number of benzene rings is 1. The molecule has 0 saturated heterocycles. The van der Waals surface area contributed by atoms with Gasteiger partial charge >= 0.3 is 0 Å². The van der Waals surface area contributed by atoms with Crippen LogP contribution in [0.15, 0.2) is 12.1 Å². The maximum absolute atomic E-state index is 13.9. The summed E-state index contributed by atoms with van der Waals surface area (Å²) >= 11 is 0. The second-order valence-corrected chi connectivity index (χ2v) is 6.14. The van der Waals surface area contributed by atoms with Gasteiger partial charge in [-0.2, -0.15) is 0 Å². The summed E-state index contributed by atoms with van der Waals surface area (Å²) in [5, 5.41) is 12.8. The first kappa shape index (κ1) is 15.9. The molecule has 0 aromatic heterocycles. The number of aryl methyl sites for hydroxylation is 1. The Balaban J connectivity index is 2.04. The lowest BCUT2D eigenvalue weighted by molar-refractivity contribution is -0.00547. The van der Waals surface area contributed by atoms with E-state index in [-0.39, 0.29) is 12.1 Å². The fourth-order valence-corrected chi connectivity index (χ4v) is 2.67. The molecule has 1 amide bonds. The Bertz CT molecular complexity index is 537. The van der Waals surface area contributed by atoms with Crippen molar-refractivity contribution in [1.29, 1.82) is 0 Å². The van der Waals surface area contributed by atoms with Gasteiger partial charge in [-0.15, -0.1) is 0 Å². The lowest BCUT2D eigenvalue weighted by atomic mass is 9.79. The molecule has 116 valence electrons. The van der Waals surface area contributed by atoms with Crippen LogP contribution in [0.5, 0.6) is 0 Å². The zero-order valence-corrected chi connectivity index (χ0v) is 12.4. The molecule has 5 heteroatoms. The quantitative estimate of drug-likeness (QED) is 0.901. The monoisotopic (exact) mass is 297 g/mol. The molecular formula is C16H21F2NO2. The molecule has 3 nitrogen and oxygen atoms in total. The van der Waals surface area contributed by atoms with Gasteiger partial charge in [-0.1, -0.05) is 13.0 Å². The van der Waals surface area contributed by atoms with Crippen molar-refractivity contribution in [2.75, 3.05) is 6.54 Å². The highest BCUT2D eigenvalue weighted by atomic mass is 19.1. The Morgan fingerprint density at radius 1 is 1.38 bits per heavy atom. The number of aliphatic hydroxyl groups is 1. The van der Waals surface area contributed by atoms with Crippen LogP contribution in [0.25, 0.3) is 0 Å². The minimum absolute atomic E-state index is 0.0192. The maximum atomic E-state index is 13.9. The highest BCUT2D eigenvalue weighted by molar-refractivity contribution is 5.95. The highest BCUT2D eigenvalue weighted by Crippen LogP contribution is 2.31. The molecule has 0 aliphatic heterocycles. The Hall–Kier alpha value is -1.49. The van der Waals surface area contributed by atoms with Crippen LogP contribution < -0.4 is 5.32 Å². The van der Waals surface area contributed by atoms with Gasteiger partial charge in [0.05, 0.1) is 5.60 Å². The summed E-state index contributed by atoms with van der Waals surface area (Å²) in [4.78, 5) is 12.0. The van der Waals surface area contributed by atoms with E-state index in [1.807, 2.05) is 0 Å². The van der Waals surface area contributed by atoms with Crippen LogP contribution in [0.2, 0.25) is 0 Å². The molecule has 0 unspecified atom stereocenters. The molecule has 0 radical (unpaired) electrons. The van der Waals surface area contributed by atoms with Crippen molar-refractivity contribution < 1.29 is 18.7 Å². The normalized spacial score (nSPS) is 25.7. The molecule has 21 heavy (non-hydrogen) atoms. The number of rotatable bonds is 3. The van der Waals surface area contributed by atoms with Crippen molar-refractivity contribution >= 4 is 5.91 Å². The van der Waals surface area contributed by atoms with E-state index in [0.717, 1.165) is 18.9 Å². The van der Waals surface area contributed by atoms with E-state index in [2.05, 4.69) is 12.2 Å². The molecule has 1 aliphatic rings. The molecule has 0 heterocycles. The molecule has 1 fully saturated rings. The smallest absolute Gasteiger partial charge is 0.257 e. The maximum Gasteiger partial charge on any atom is 0.257 e. The van der Waals surface area contributed by atoms with Crippen molar-refractivity contribution in [3.05, 3.63) is 34.9 Å². The minimum Gasteiger partial charge on any atom is -0.388 e. The standard InChI is InChI=1S/C16H21F2NO2/c1-10-5-7-16(21,8-6-10)9-19-15(20)13-12(17)4-3-11(2)14(13)18/h3-4,10,21H,5-9H2,1-2H3,(H,19,20). The largest absolute Gasteiger partial charge is 0.388 e. The number of carbonyl (C=O) groups excluding carboxylic acids is 1. The molecule has 2 N–H and O–H groups in total. The number of hydrogen-bond donors (Lipinski definition) is 2. The van der Waals surface area contributed by atoms with Crippen LogP contribution in [-0.4, -0.2) is 23.2 Å². The first-order chi connectivity index (χ1) is 9.82. The first-order valence-electron chi connectivity index (χ1n) is 7.27. The van der Waals surface area contributed by atoms with Crippen LogP contribution >= 0.6 is 0 Å². The molecule has 1 aromatic rings. The van der Waals surface area contributed by atoms with E-state index in [1.54, 1.807) is 0 Å². The number of amides is 1. The zero-order valence-electron chi connectivity index (χ0n) is 12.4. The van der Waals surface area contributed by atoms with E-state index in [0.29, 0.717) is 18.8 Å². The molecule has 1 aliphatic carbocycles. The predicted molar refractivity (Wildman–Crippen MR) is 76.0 cm³/mol. The third-order valence-electron chi connectivity index (χ3n) is 4.29. The molecule has 0 spiro atoms. The first-order valence-corrected chi connectivity index (χ1v) is 7.27. The van der Waals surface area contributed by atoms with Gasteiger partial charge in [0.2, 0.25) is 0 Å².